The monoisotopic (exact) mass is 321 g/mol. The van der Waals surface area contributed by atoms with Gasteiger partial charge in [-0.25, -0.2) is 13.6 Å². The Morgan fingerprint density at radius 3 is 2.77 bits per heavy atom. The summed E-state index contributed by atoms with van der Waals surface area (Å²) in [4.78, 5) is 13.0. The van der Waals surface area contributed by atoms with Crippen LogP contribution in [-0.4, -0.2) is 43.3 Å². The molecule has 0 amide bonds. The minimum absolute atomic E-state index is 0.00523. The molecule has 122 valence electrons. The molecule has 4 nitrogen and oxygen atoms in total. The van der Waals surface area contributed by atoms with Gasteiger partial charge in [0, 0.05) is 26.1 Å². The van der Waals surface area contributed by atoms with Gasteiger partial charge in [0.05, 0.1) is 7.11 Å². The van der Waals surface area contributed by atoms with Crippen molar-refractivity contribution in [1.82, 2.24) is 4.90 Å². The highest BCUT2D eigenvalue weighted by atomic mass is 19.3. The van der Waals surface area contributed by atoms with Crippen LogP contribution in [0.25, 0.3) is 0 Å². The summed E-state index contributed by atoms with van der Waals surface area (Å²) in [6, 6.07) is 3.56. The summed E-state index contributed by atoms with van der Waals surface area (Å²) >= 11 is 0. The minimum Gasteiger partial charge on any atom is -0.467 e. The van der Waals surface area contributed by atoms with Crippen molar-refractivity contribution in [2.45, 2.75) is 25.2 Å². The van der Waals surface area contributed by atoms with E-state index >= 15 is 0 Å². The van der Waals surface area contributed by atoms with Crippen LogP contribution in [0.3, 0.4) is 0 Å². The van der Waals surface area contributed by atoms with Crippen molar-refractivity contribution in [3.05, 3.63) is 29.6 Å². The van der Waals surface area contributed by atoms with Crippen molar-refractivity contribution in [1.29, 1.82) is 0 Å². The summed E-state index contributed by atoms with van der Waals surface area (Å²) < 4.78 is 60.4. The first-order valence-corrected chi connectivity index (χ1v) is 6.57. The zero-order chi connectivity index (χ0) is 16.3. The molecule has 1 fully saturated rings. The van der Waals surface area contributed by atoms with Gasteiger partial charge in [0.1, 0.15) is 0 Å². The van der Waals surface area contributed by atoms with Crippen LogP contribution in [0.1, 0.15) is 12.0 Å². The number of benzene rings is 1. The van der Waals surface area contributed by atoms with Gasteiger partial charge >= 0.3 is 12.6 Å². The van der Waals surface area contributed by atoms with Gasteiger partial charge in [-0.3, -0.25) is 4.90 Å². The number of carbonyl (C=O) groups is 1. The molecule has 0 N–H and O–H groups in total. The maximum absolute atomic E-state index is 14.3. The average molecular weight is 321 g/mol. The lowest BCUT2D eigenvalue weighted by molar-refractivity contribution is -0.153. The van der Waals surface area contributed by atoms with Gasteiger partial charge in [-0.05, 0) is 17.7 Å². The molecule has 0 unspecified atom stereocenters. The molecule has 0 bridgehead atoms. The molecule has 0 spiro atoms. The fourth-order valence-electron chi connectivity index (χ4n) is 2.42. The summed E-state index contributed by atoms with van der Waals surface area (Å²) in [7, 11) is 1.11. The van der Waals surface area contributed by atoms with Gasteiger partial charge in [0.25, 0.3) is 0 Å². The number of methoxy groups -OCH3 is 1. The van der Waals surface area contributed by atoms with Gasteiger partial charge < -0.3 is 9.47 Å². The lowest BCUT2D eigenvalue weighted by atomic mass is 10.1. The van der Waals surface area contributed by atoms with Crippen LogP contribution in [0.2, 0.25) is 0 Å². The first-order chi connectivity index (χ1) is 10.3. The minimum atomic E-state index is -3.11. The number of hydrogen-bond donors (Lipinski definition) is 0. The molecule has 0 aromatic heterocycles. The molecule has 22 heavy (non-hydrogen) atoms. The third kappa shape index (κ3) is 3.68. The Morgan fingerprint density at radius 1 is 1.45 bits per heavy atom. The van der Waals surface area contributed by atoms with Gasteiger partial charge in [0.15, 0.2) is 11.6 Å². The highest BCUT2D eigenvalue weighted by Crippen LogP contribution is 2.29. The number of carbonyl (C=O) groups excluding carboxylic acids is 1. The van der Waals surface area contributed by atoms with E-state index in [-0.39, 0.29) is 19.5 Å². The first-order valence-electron chi connectivity index (χ1n) is 6.57. The smallest absolute Gasteiger partial charge is 0.387 e. The molecule has 0 saturated carbocycles. The second-order valence-corrected chi connectivity index (χ2v) is 5.06. The van der Waals surface area contributed by atoms with Crippen molar-refractivity contribution in [2.75, 3.05) is 20.2 Å². The number of esters is 1. The Kier molecular flexibility index (Phi) is 4.90. The largest absolute Gasteiger partial charge is 0.467 e. The van der Waals surface area contributed by atoms with E-state index in [1.807, 2.05) is 0 Å². The zero-order valence-corrected chi connectivity index (χ0v) is 11.8. The van der Waals surface area contributed by atoms with Gasteiger partial charge in [-0.15, -0.1) is 0 Å². The van der Waals surface area contributed by atoms with E-state index in [1.54, 1.807) is 4.90 Å². The van der Waals surface area contributed by atoms with Crippen molar-refractivity contribution < 1.29 is 31.8 Å². The van der Waals surface area contributed by atoms with Crippen molar-refractivity contribution >= 4 is 5.97 Å². The summed E-state index contributed by atoms with van der Waals surface area (Å²) in [5.41, 5.74) is -1.60. The Balaban J connectivity index is 2.00. The quantitative estimate of drug-likeness (QED) is 0.617. The van der Waals surface area contributed by atoms with Crippen LogP contribution in [0.4, 0.5) is 17.6 Å². The standard InChI is InChI=1S/C14H15F4NO3/c1-21-12(20)14(18)4-5-19(8-14)7-9-2-3-11(10(15)6-9)22-13(16)17/h2-3,6,13H,4-5,7-8H2,1H3/t14-/m1/s1. The number of nitrogens with zero attached hydrogens (tertiary/aromatic N) is 1. The van der Waals surface area contributed by atoms with Crippen LogP contribution in [0, 0.1) is 5.82 Å². The van der Waals surface area contributed by atoms with Crippen LogP contribution >= 0.6 is 0 Å². The van der Waals surface area contributed by atoms with E-state index in [0.717, 1.165) is 19.2 Å². The normalized spacial score (nSPS) is 22.1. The summed E-state index contributed by atoms with van der Waals surface area (Å²) in [5, 5.41) is 0. The fourth-order valence-corrected chi connectivity index (χ4v) is 2.42. The van der Waals surface area contributed by atoms with Gasteiger partial charge in [-0.1, -0.05) is 6.07 Å². The van der Waals surface area contributed by atoms with Crippen molar-refractivity contribution in [2.24, 2.45) is 0 Å². The first kappa shape index (κ1) is 16.5. The van der Waals surface area contributed by atoms with E-state index in [2.05, 4.69) is 9.47 Å². The van der Waals surface area contributed by atoms with E-state index in [4.69, 9.17) is 0 Å². The molecule has 1 atom stereocenters. The second kappa shape index (κ2) is 6.51. The predicted molar refractivity (Wildman–Crippen MR) is 68.8 cm³/mol. The van der Waals surface area contributed by atoms with Crippen LogP contribution in [0.5, 0.6) is 5.75 Å². The van der Waals surface area contributed by atoms with Crippen LogP contribution < -0.4 is 4.74 Å². The third-order valence-corrected chi connectivity index (χ3v) is 3.47. The summed E-state index contributed by atoms with van der Waals surface area (Å²) in [6.45, 7) is -2.76. The number of halogens is 4. The predicted octanol–water partition coefficient (Wildman–Crippen LogP) is 2.51. The molecule has 1 aromatic rings. The van der Waals surface area contributed by atoms with Crippen molar-refractivity contribution in [3.63, 3.8) is 0 Å². The zero-order valence-electron chi connectivity index (χ0n) is 11.8. The molecule has 1 aliphatic rings. The number of ether oxygens (including phenoxy) is 2. The van der Waals surface area contributed by atoms with Crippen LogP contribution in [0.15, 0.2) is 18.2 Å². The Morgan fingerprint density at radius 2 is 2.18 bits per heavy atom. The van der Waals surface area contributed by atoms with Crippen LogP contribution in [-0.2, 0) is 16.1 Å². The molecule has 0 aliphatic carbocycles. The number of hydrogen-bond acceptors (Lipinski definition) is 4. The highest BCUT2D eigenvalue weighted by molar-refractivity contribution is 5.80. The summed E-state index contributed by atoms with van der Waals surface area (Å²) in [5.74, 6) is -2.40. The highest BCUT2D eigenvalue weighted by Gasteiger charge is 2.46. The number of likely N-dealkylation sites (tertiary alicyclic amines) is 1. The lowest BCUT2D eigenvalue weighted by Gasteiger charge is -2.19. The molecule has 8 heteroatoms. The Hall–Kier alpha value is -1.83. The SMILES string of the molecule is COC(=O)[C@@]1(F)CCN(Cc2ccc(OC(F)F)c(F)c2)C1. The molecule has 1 aromatic carbocycles. The molecule has 1 aliphatic heterocycles. The second-order valence-electron chi connectivity index (χ2n) is 5.06. The van der Waals surface area contributed by atoms with Gasteiger partial charge in [0.2, 0.25) is 5.67 Å². The van der Waals surface area contributed by atoms with Gasteiger partial charge in [-0.2, -0.15) is 8.78 Å². The van der Waals surface area contributed by atoms with E-state index in [9.17, 15) is 22.4 Å². The topological polar surface area (TPSA) is 38.8 Å². The maximum Gasteiger partial charge on any atom is 0.387 e. The van der Waals surface area contributed by atoms with E-state index < -0.39 is 29.8 Å². The third-order valence-electron chi connectivity index (χ3n) is 3.47. The fraction of sp³-hybridized carbons (Fsp3) is 0.500. The Labute approximate surface area is 124 Å². The Bertz CT molecular complexity index is 555. The van der Waals surface area contributed by atoms with Crippen molar-refractivity contribution in [3.8, 4) is 5.75 Å². The molecule has 0 radical (unpaired) electrons. The molecular weight excluding hydrogens is 306 g/mol. The molecule has 1 heterocycles. The van der Waals surface area contributed by atoms with E-state index in [0.29, 0.717) is 12.1 Å². The molecular formula is C14H15F4NO3. The molecule has 1 saturated heterocycles. The maximum atomic E-state index is 14.3. The number of alkyl halides is 3. The number of rotatable bonds is 5. The van der Waals surface area contributed by atoms with E-state index in [1.165, 1.54) is 6.07 Å². The lowest BCUT2D eigenvalue weighted by Crippen LogP contribution is -2.38. The molecule has 2 rings (SSSR count). The summed E-state index contributed by atoms with van der Waals surface area (Å²) in [6.07, 6.45) is -0.00523. The average Bonchev–Trinajstić information content (AvgIpc) is 2.83.